The smallest absolute Gasteiger partial charge is 0.239 e. The third-order valence-corrected chi connectivity index (χ3v) is 3.27. The Kier molecular flexibility index (Phi) is 7.76. The van der Waals surface area contributed by atoms with Crippen molar-refractivity contribution in [3.63, 3.8) is 0 Å². The summed E-state index contributed by atoms with van der Waals surface area (Å²) in [6.45, 7) is 6.13. The van der Waals surface area contributed by atoms with Gasteiger partial charge in [0.15, 0.2) is 0 Å². The highest BCUT2D eigenvalue weighted by molar-refractivity contribution is 5.85. The third kappa shape index (κ3) is 5.47. The summed E-state index contributed by atoms with van der Waals surface area (Å²) in [4.78, 5) is 11.9. The zero-order valence-electron chi connectivity index (χ0n) is 12.3. The SMILES string of the molecule is CCCC(C)(N)C(=O)NCCc1ccc(F)cc1C.Cl. The van der Waals surface area contributed by atoms with Gasteiger partial charge in [-0.2, -0.15) is 0 Å². The summed E-state index contributed by atoms with van der Waals surface area (Å²) in [7, 11) is 0. The minimum Gasteiger partial charge on any atom is -0.354 e. The van der Waals surface area contributed by atoms with Crippen LogP contribution in [0.1, 0.15) is 37.8 Å². The first kappa shape index (κ1) is 18.9. The summed E-state index contributed by atoms with van der Waals surface area (Å²) in [5, 5.41) is 2.84. The van der Waals surface area contributed by atoms with E-state index in [2.05, 4.69) is 5.32 Å². The van der Waals surface area contributed by atoms with E-state index >= 15 is 0 Å². The molecule has 0 heterocycles. The van der Waals surface area contributed by atoms with Crippen LogP contribution in [0.25, 0.3) is 0 Å². The van der Waals surface area contributed by atoms with E-state index < -0.39 is 5.54 Å². The quantitative estimate of drug-likeness (QED) is 0.849. The van der Waals surface area contributed by atoms with Crippen LogP contribution in [0.5, 0.6) is 0 Å². The van der Waals surface area contributed by atoms with Gasteiger partial charge in [-0.25, -0.2) is 4.39 Å². The molecule has 3 nitrogen and oxygen atoms in total. The second-order valence-corrected chi connectivity index (χ2v) is 5.24. The topological polar surface area (TPSA) is 55.1 Å². The molecule has 0 bridgehead atoms. The molecule has 0 saturated carbocycles. The molecule has 0 aliphatic rings. The predicted octanol–water partition coefficient (Wildman–Crippen LogP) is 2.73. The van der Waals surface area contributed by atoms with Crippen LogP contribution in [0.15, 0.2) is 18.2 Å². The van der Waals surface area contributed by atoms with Crippen molar-refractivity contribution in [1.29, 1.82) is 0 Å². The van der Waals surface area contributed by atoms with E-state index in [-0.39, 0.29) is 24.1 Å². The molecule has 1 rings (SSSR count). The summed E-state index contributed by atoms with van der Waals surface area (Å²) >= 11 is 0. The number of amides is 1. The Labute approximate surface area is 126 Å². The molecule has 0 fully saturated rings. The fourth-order valence-electron chi connectivity index (χ4n) is 2.09. The van der Waals surface area contributed by atoms with Crippen LogP contribution in [0, 0.1) is 12.7 Å². The first-order valence-corrected chi connectivity index (χ1v) is 6.69. The monoisotopic (exact) mass is 302 g/mol. The molecule has 3 N–H and O–H groups in total. The standard InChI is InChI=1S/C15H23FN2O.ClH/c1-4-8-15(3,17)14(19)18-9-7-12-5-6-13(16)10-11(12)2;/h5-6,10H,4,7-9,17H2,1-3H3,(H,18,19);1H. The first-order chi connectivity index (χ1) is 8.86. The predicted molar refractivity (Wildman–Crippen MR) is 82.6 cm³/mol. The van der Waals surface area contributed by atoms with Gasteiger partial charge in [-0.1, -0.05) is 19.4 Å². The number of halogens is 2. The Hall–Kier alpha value is -1.13. The van der Waals surface area contributed by atoms with Gasteiger partial charge in [0.1, 0.15) is 5.82 Å². The number of nitrogens with one attached hydrogen (secondary N) is 1. The Morgan fingerprint density at radius 2 is 2.10 bits per heavy atom. The van der Waals surface area contributed by atoms with Crippen molar-refractivity contribution < 1.29 is 9.18 Å². The van der Waals surface area contributed by atoms with E-state index in [1.807, 2.05) is 13.8 Å². The summed E-state index contributed by atoms with van der Waals surface area (Å²) in [6, 6.07) is 4.69. The highest BCUT2D eigenvalue weighted by Gasteiger charge is 2.26. The van der Waals surface area contributed by atoms with Crippen molar-refractivity contribution in [1.82, 2.24) is 5.32 Å². The first-order valence-electron chi connectivity index (χ1n) is 6.69. The second kappa shape index (κ2) is 8.22. The largest absolute Gasteiger partial charge is 0.354 e. The fourth-order valence-corrected chi connectivity index (χ4v) is 2.09. The average Bonchev–Trinajstić information content (AvgIpc) is 2.31. The van der Waals surface area contributed by atoms with Gasteiger partial charge < -0.3 is 11.1 Å². The van der Waals surface area contributed by atoms with E-state index in [1.165, 1.54) is 12.1 Å². The van der Waals surface area contributed by atoms with Crippen LogP contribution in [-0.4, -0.2) is 18.0 Å². The molecule has 1 unspecified atom stereocenters. The van der Waals surface area contributed by atoms with Gasteiger partial charge in [-0.05, 0) is 49.9 Å². The van der Waals surface area contributed by atoms with Gasteiger partial charge in [-0.15, -0.1) is 12.4 Å². The van der Waals surface area contributed by atoms with E-state index in [4.69, 9.17) is 5.73 Å². The molecular formula is C15H24ClFN2O. The maximum Gasteiger partial charge on any atom is 0.239 e. The molecule has 1 amide bonds. The molecule has 0 aliphatic heterocycles. The number of carbonyl (C=O) groups is 1. The number of benzene rings is 1. The van der Waals surface area contributed by atoms with Crippen molar-refractivity contribution in [2.75, 3.05) is 6.54 Å². The number of hydrogen-bond donors (Lipinski definition) is 2. The van der Waals surface area contributed by atoms with Crippen molar-refractivity contribution in [2.45, 2.75) is 45.6 Å². The molecule has 1 aromatic rings. The highest BCUT2D eigenvalue weighted by atomic mass is 35.5. The van der Waals surface area contributed by atoms with Crippen LogP contribution in [0.3, 0.4) is 0 Å². The van der Waals surface area contributed by atoms with Crippen LogP contribution >= 0.6 is 12.4 Å². The summed E-state index contributed by atoms with van der Waals surface area (Å²) < 4.78 is 13.0. The minimum absolute atomic E-state index is 0. The van der Waals surface area contributed by atoms with Gasteiger partial charge in [0.25, 0.3) is 0 Å². The molecule has 114 valence electrons. The maximum atomic E-state index is 13.0. The lowest BCUT2D eigenvalue weighted by molar-refractivity contribution is -0.126. The molecule has 0 aromatic heterocycles. The minimum atomic E-state index is -0.813. The normalized spacial score (nSPS) is 13.2. The summed E-state index contributed by atoms with van der Waals surface area (Å²) in [5.74, 6) is -0.364. The van der Waals surface area contributed by atoms with E-state index in [0.29, 0.717) is 19.4 Å². The molecule has 5 heteroatoms. The van der Waals surface area contributed by atoms with Crippen molar-refractivity contribution in [2.24, 2.45) is 5.73 Å². The summed E-state index contributed by atoms with van der Waals surface area (Å²) in [6.07, 6.45) is 2.21. The van der Waals surface area contributed by atoms with Gasteiger partial charge in [-0.3, -0.25) is 4.79 Å². The number of rotatable bonds is 6. The lowest BCUT2D eigenvalue weighted by atomic mass is 9.96. The molecular weight excluding hydrogens is 279 g/mol. The van der Waals surface area contributed by atoms with Crippen LogP contribution in [-0.2, 0) is 11.2 Å². The average molecular weight is 303 g/mol. The lowest BCUT2D eigenvalue weighted by Gasteiger charge is -2.22. The molecule has 1 atom stereocenters. The zero-order valence-corrected chi connectivity index (χ0v) is 13.1. The van der Waals surface area contributed by atoms with E-state index in [1.54, 1.807) is 13.0 Å². The van der Waals surface area contributed by atoms with Crippen LogP contribution in [0.2, 0.25) is 0 Å². The Bertz CT molecular complexity index is 449. The molecule has 0 aliphatic carbocycles. The van der Waals surface area contributed by atoms with Gasteiger partial charge >= 0.3 is 0 Å². The molecule has 0 spiro atoms. The van der Waals surface area contributed by atoms with E-state index in [0.717, 1.165) is 17.5 Å². The number of nitrogens with two attached hydrogens (primary N) is 1. The number of hydrogen-bond acceptors (Lipinski definition) is 2. The number of aryl methyl sites for hydroxylation is 1. The van der Waals surface area contributed by atoms with E-state index in [9.17, 15) is 9.18 Å². The van der Waals surface area contributed by atoms with Crippen molar-refractivity contribution in [3.05, 3.63) is 35.1 Å². The zero-order chi connectivity index (χ0) is 14.5. The van der Waals surface area contributed by atoms with Crippen molar-refractivity contribution >= 4 is 18.3 Å². The molecule has 0 radical (unpaired) electrons. The Morgan fingerprint density at radius 3 is 2.65 bits per heavy atom. The number of carbonyl (C=O) groups excluding carboxylic acids is 1. The molecule has 1 aromatic carbocycles. The Balaban J connectivity index is 0.00000361. The maximum absolute atomic E-state index is 13.0. The highest BCUT2D eigenvalue weighted by Crippen LogP contribution is 2.11. The van der Waals surface area contributed by atoms with Crippen molar-refractivity contribution in [3.8, 4) is 0 Å². The molecule has 20 heavy (non-hydrogen) atoms. The fraction of sp³-hybridized carbons (Fsp3) is 0.533. The van der Waals surface area contributed by atoms with Crippen LogP contribution in [0.4, 0.5) is 4.39 Å². The lowest BCUT2D eigenvalue weighted by Crippen LogP contribution is -2.51. The second-order valence-electron chi connectivity index (χ2n) is 5.24. The van der Waals surface area contributed by atoms with Crippen LogP contribution < -0.4 is 11.1 Å². The van der Waals surface area contributed by atoms with Gasteiger partial charge in [0, 0.05) is 6.54 Å². The molecule has 0 saturated heterocycles. The van der Waals surface area contributed by atoms with Gasteiger partial charge in [0.05, 0.1) is 5.54 Å². The summed E-state index contributed by atoms with van der Waals surface area (Å²) in [5.41, 5.74) is 7.06. The Morgan fingerprint density at radius 1 is 1.45 bits per heavy atom. The van der Waals surface area contributed by atoms with Gasteiger partial charge in [0.2, 0.25) is 5.91 Å². The third-order valence-electron chi connectivity index (χ3n) is 3.27.